The molecule has 1 unspecified atom stereocenters. The van der Waals surface area contributed by atoms with E-state index in [1.807, 2.05) is 0 Å². The Morgan fingerprint density at radius 3 is 2.46 bits per heavy atom. The van der Waals surface area contributed by atoms with Crippen molar-refractivity contribution >= 4 is 18.5 Å². The number of hydrogen-bond donors (Lipinski definition) is 2. The van der Waals surface area contributed by atoms with Crippen LogP contribution >= 0.6 is 12.6 Å². The molecule has 78 valence electrons. The van der Waals surface area contributed by atoms with Crippen LogP contribution in [0.4, 0.5) is 13.2 Å². The monoisotopic (exact) mass is 215 g/mol. The van der Waals surface area contributed by atoms with Crippen molar-refractivity contribution in [3.63, 3.8) is 0 Å². The Hall–Kier alpha value is -0.390. The van der Waals surface area contributed by atoms with Crippen molar-refractivity contribution in [2.45, 2.75) is 31.2 Å². The predicted octanol–water partition coefficient (Wildman–Crippen LogP) is 1.76. The van der Waals surface area contributed by atoms with Gasteiger partial charge in [0.1, 0.15) is 0 Å². The molecule has 0 radical (unpaired) electrons. The van der Waals surface area contributed by atoms with E-state index in [4.69, 9.17) is 0 Å². The van der Waals surface area contributed by atoms with E-state index in [2.05, 4.69) is 17.9 Å². The van der Waals surface area contributed by atoms with Gasteiger partial charge in [0.15, 0.2) is 0 Å². The van der Waals surface area contributed by atoms with Crippen LogP contribution < -0.4 is 5.32 Å². The lowest BCUT2D eigenvalue weighted by atomic mass is 10.3. The number of rotatable bonds is 4. The number of hydrogen-bond acceptors (Lipinski definition) is 2. The molecule has 0 spiro atoms. The number of thiol groups is 1. The Balaban J connectivity index is 3.42. The predicted molar refractivity (Wildman–Crippen MR) is 46.7 cm³/mol. The van der Waals surface area contributed by atoms with Crippen molar-refractivity contribution in [2.24, 2.45) is 0 Å². The Labute approximate surface area is 80.3 Å². The number of carbonyl (C=O) groups is 1. The first-order chi connectivity index (χ1) is 5.83. The normalized spacial score (nSPS) is 13.9. The second-order valence-electron chi connectivity index (χ2n) is 2.69. The molecular weight excluding hydrogens is 203 g/mol. The third kappa shape index (κ3) is 7.95. The second-order valence-corrected chi connectivity index (χ2v) is 3.46. The minimum absolute atomic E-state index is 0.0449. The largest absolute Gasteiger partial charge is 0.389 e. The molecule has 0 aliphatic carbocycles. The molecule has 0 bridgehead atoms. The number of halogens is 3. The lowest BCUT2D eigenvalue weighted by Gasteiger charge is -2.08. The van der Waals surface area contributed by atoms with Gasteiger partial charge in [-0.05, 0) is 13.3 Å². The van der Waals surface area contributed by atoms with E-state index in [-0.39, 0.29) is 18.9 Å². The fraction of sp³-hybridized carbons (Fsp3) is 0.857. The van der Waals surface area contributed by atoms with E-state index in [0.29, 0.717) is 0 Å². The molecule has 0 aliphatic heterocycles. The number of amides is 1. The average molecular weight is 215 g/mol. The number of nitrogens with one attached hydrogen (secondary N) is 1. The van der Waals surface area contributed by atoms with Crippen molar-refractivity contribution in [3.8, 4) is 0 Å². The van der Waals surface area contributed by atoms with E-state index < -0.39 is 17.8 Å². The number of alkyl halides is 3. The third-order valence-electron chi connectivity index (χ3n) is 1.32. The minimum atomic E-state index is -4.14. The summed E-state index contributed by atoms with van der Waals surface area (Å²) >= 11 is 3.82. The zero-order valence-corrected chi connectivity index (χ0v) is 8.08. The van der Waals surface area contributed by atoms with Crippen LogP contribution in [0.25, 0.3) is 0 Å². The van der Waals surface area contributed by atoms with Crippen LogP contribution in [-0.4, -0.2) is 23.9 Å². The zero-order chi connectivity index (χ0) is 10.5. The summed E-state index contributed by atoms with van der Waals surface area (Å²) in [4.78, 5) is 10.8. The standard InChI is InChI=1S/C7H12F3NOS/c1-5(13)6(12)11-4-2-3-7(8,9)10/h5,13H,2-4H2,1H3,(H,11,12). The Kier molecular flexibility index (Phi) is 5.20. The first-order valence-electron chi connectivity index (χ1n) is 3.85. The molecule has 0 aromatic carbocycles. The molecule has 0 aromatic heterocycles. The van der Waals surface area contributed by atoms with Crippen molar-refractivity contribution in [1.82, 2.24) is 5.32 Å². The summed E-state index contributed by atoms with van der Waals surface area (Å²) in [5, 5.41) is 1.86. The van der Waals surface area contributed by atoms with Gasteiger partial charge < -0.3 is 5.32 Å². The summed E-state index contributed by atoms with van der Waals surface area (Å²) in [6.45, 7) is 1.60. The molecule has 0 fully saturated rings. The van der Waals surface area contributed by atoms with Gasteiger partial charge in [-0.3, -0.25) is 4.79 Å². The summed E-state index contributed by atoms with van der Waals surface area (Å²) in [7, 11) is 0. The van der Waals surface area contributed by atoms with E-state index in [1.54, 1.807) is 6.92 Å². The lowest BCUT2D eigenvalue weighted by Crippen LogP contribution is -2.31. The Morgan fingerprint density at radius 1 is 1.54 bits per heavy atom. The van der Waals surface area contributed by atoms with Crippen LogP contribution in [-0.2, 0) is 4.79 Å². The van der Waals surface area contributed by atoms with Crippen LogP contribution in [0.3, 0.4) is 0 Å². The van der Waals surface area contributed by atoms with Crippen LogP contribution in [0.2, 0.25) is 0 Å². The summed E-state index contributed by atoms with van der Waals surface area (Å²) in [6, 6.07) is 0. The number of carbonyl (C=O) groups excluding carboxylic acids is 1. The van der Waals surface area contributed by atoms with Crippen molar-refractivity contribution in [3.05, 3.63) is 0 Å². The quantitative estimate of drug-likeness (QED) is 0.543. The highest BCUT2D eigenvalue weighted by atomic mass is 32.1. The maximum atomic E-state index is 11.6. The van der Waals surface area contributed by atoms with Gasteiger partial charge >= 0.3 is 6.18 Å². The molecule has 0 saturated carbocycles. The van der Waals surface area contributed by atoms with Gasteiger partial charge in [0, 0.05) is 13.0 Å². The third-order valence-corrected chi connectivity index (χ3v) is 1.55. The van der Waals surface area contributed by atoms with Crippen LogP contribution in [0.15, 0.2) is 0 Å². The molecule has 2 nitrogen and oxygen atoms in total. The van der Waals surface area contributed by atoms with Crippen molar-refractivity contribution in [2.75, 3.05) is 6.54 Å². The molecular formula is C7H12F3NOS. The average Bonchev–Trinajstić information content (AvgIpc) is 1.95. The zero-order valence-electron chi connectivity index (χ0n) is 7.19. The van der Waals surface area contributed by atoms with E-state index in [9.17, 15) is 18.0 Å². The molecule has 0 aromatic rings. The van der Waals surface area contributed by atoms with Gasteiger partial charge in [-0.2, -0.15) is 25.8 Å². The first-order valence-corrected chi connectivity index (χ1v) is 4.37. The van der Waals surface area contributed by atoms with E-state index >= 15 is 0 Å². The smallest absolute Gasteiger partial charge is 0.355 e. The van der Waals surface area contributed by atoms with Crippen LogP contribution in [0.5, 0.6) is 0 Å². The van der Waals surface area contributed by atoms with Gasteiger partial charge in [-0.1, -0.05) is 0 Å². The lowest BCUT2D eigenvalue weighted by molar-refractivity contribution is -0.136. The highest BCUT2D eigenvalue weighted by Crippen LogP contribution is 2.20. The molecule has 13 heavy (non-hydrogen) atoms. The van der Waals surface area contributed by atoms with Gasteiger partial charge in [0.2, 0.25) is 5.91 Å². The molecule has 0 heterocycles. The summed E-state index contributed by atoms with van der Waals surface area (Å²) in [5.41, 5.74) is 0. The second kappa shape index (κ2) is 5.36. The Morgan fingerprint density at radius 2 is 2.08 bits per heavy atom. The maximum Gasteiger partial charge on any atom is 0.389 e. The first kappa shape index (κ1) is 12.6. The van der Waals surface area contributed by atoms with Gasteiger partial charge in [0.25, 0.3) is 0 Å². The van der Waals surface area contributed by atoms with Gasteiger partial charge in [0.05, 0.1) is 5.25 Å². The van der Waals surface area contributed by atoms with Gasteiger partial charge in [-0.25, -0.2) is 0 Å². The van der Waals surface area contributed by atoms with E-state index in [1.165, 1.54) is 0 Å². The minimum Gasteiger partial charge on any atom is -0.355 e. The summed E-state index contributed by atoms with van der Waals surface area (Å²) in [5.74, 6) is -0.342. The summed E-state index contributed by atoms with van der Waals surface area (Å²) < 4.78 is 34.8. The molecule has 1 atom stereocenters. The molecule has 6 heteroatoms. The molecule has 0 aliphatic rings. The van der Waals surface area contributed by atoms with E-state index in [0.717, 1.165) is 0 Å². The summed E-state index contributed by atoms with van der Waals surface area (Å²) in [6.07, 6.45) is -5.10. The molecule has 1 amide bonds. The van der Waals surface area contributed by atoms with Crippen molar-refractivity contribution < 1.29 is 18.0 Å². The molecule has 1 N–H and O–H groups in total. The SMILES string of the molecule is CC(S)C(=O)NCCCC(F)(F)F. The van der Waals surface area contributed by atoms with Crippen LogP contribution in [0, 0.1) is 0 Å². The maximum absolute atomic E-state index is 11.6. The van der Waals surface area contributed by atoms with Crippen molar-refractivity contribution in [1.29, 1.82) is 0 Å². The topological polar surface area (TPSA) is 29.1 Å². The highest BCUT2D eigenvalue weighted by Gasteiger charge is 2.25. The molecule has 0 saturated heterocycles. The fourth-order valence-corrected chi connectivity index (χ4v) is 0.739. The Bertz CT molecular complexity index is 170. The van der Waals surface area contributed by atoms with Gasteiger partial charge in [-0.15, -0.1) is 0 Å². The van der Waals surface area contributed by atoms with Crippen LogP contribution in [0.1, 0.15) is 19.8 Å². The fourth-order valence-electron chi connectivity index (χ4n) is 0.648. The molecule has 0 rings (SSSR count). The highest BCUT2D eigenvalue weighted by molar-refractivity contribution is 7.81.